The first-order chi connectivity index (χ1) is 31.8. The minimum atomic E-state index is -0.222. The number of hydrogen-bond donors (Lipinski definition) is 3. The van der Waals surface area contributed by atoms with Crippen molar-refractivity contribution < 1.29 is 34.4 Å². The fraction of sp³-hybridized carbons (Fsp3) is 0.661. The van der Waals surface area contributed by atoms with E-state index >= 15 is 0 Å². The van der Waals surface area contributed by atoms with Gasteiger partial charge in [0, 0.05) is 12.8 Å². The zero-order chi connectivity index (χ0) is 47.2. The first-order valence-electron chi connectivity index (χ1n) is 26.5. The molecule has 0 aromatic heterocycles. The third kappa shape index (κ3) is 28.9. The van der Waals surface area contributed by atoms with Crippen molar-refractivity contribution in [2.75, 3.05) is 13.2 Å². The summed E-state index contributed by atoms with van der Waals surface area (Å²) in [5.74, 6) is 1.99. The molecule has 0 heterocycles. The second-order valence-corrected chi connectivity index (χ2v) is 18.3. The fourth-order valence-electron chi connectivity index (χ4n) is 9.08. The maximum Gasteiger partial charge on any atom is 0.305 e. The normalized spacial score (nSPS) is 12.3. The van der Waals surface area contributed by atoms with Crippen molar-refractivity contribution in [3.8, 4) is 17.2 Å². The molecular formula is C59H96O7. The highest BCUT2D eigenvalue weighted by atomic mass is 16.6. The molecule has 66 heavy (non-hydrogen) atoms. The van der Waals surface area contributed by atoms with E-state index < -0.39 is 0 Å². The van der Waals surface area contributed by atoms with Crippen LogP contribution in [0.15, 0.2) is 72.8 Å². The second kappa shape index (κ2) is 40.1. The van der Waals surface area contributed by atoms with Crippen molar-refractivity contribution in [1.82, 2.24) is 0 Å². The Balaban J connectivity index is 0.00000716. The molecule has 0 aliphatic carbocycles. The van der Waals surface area contributed by atoms with Crippen LogP contribution in [0.1, 0.15) is 256 Å². The van der Waals surface area contributed by atoms with E-state index in [2.05, 4.69) is 50.2 Å². The molecule has 3 N–H and O–H groups in total. The summed E-state index contributed by atoms with van der Waals surface area (Å²) in [5, 5.41) is 29.5. The Hall–Kier alpha value is -4.00. The average Bonchev–Trinajstić information content (AvgIpc) is 3.32. The zero-order valence-corrected chi connectivity index (χ0v) is 41.6. The van der Waals surface area contributed by atoms with Crippen molar-refractivity contribution in [3.05, 3.63) is 89.5 Å². The van der Waals surface area contributed by atoms with E-state index in [0.717, 1.165) is 83.5 Å². The van der Waals surface area contributed by atoms with Crippen LogP contribution in [0.2, 0.25) is 0 Å². The molecule has 0 radical (unpaired) electrons. The van der Waals surface area contributed by atoms with E-state index in [0.29, 0.717) is 47.8 Å². The summed E-state index contributed by atoms with van der Waals surface area (Å²) in [4.78, 5) is 24.5. The summed E-state index contributed by atoms with van der Waals surface area (Å²) in [6.07, 6.45) is 32.1. The van der Waals surface area contributed by atoms with Gasteiger partial charge in [-0.3, -0.25) is 9.59 Å². The highest BCUT2D eigenvalue weighted by Gasteiger charge is 2.18. The number of carbonyl (C=O) groups excluding carboxylic acids is 2. The number of ether oxygens (including phenoxy) is 2. The molecule has 0 aliphatic heterocycles. The Labute approximate surface area is 403 Å². The monoisotopic (exact) mass is 917 g/mol. The lowest BCUT2D eigenvalue weighted by Crippen LogP contribution is -2.13. The summed E-state index contributed by atoms with van der Waals surface area (Å²) in [7, 11) is 0. The van der Waals surface area contributed by atoms with E-state index in [1.807, 2.05) is 38.1 Å². The molecule has 3 aromatic carbocycles. The number of benzene rings is 3. The first kappa shape index (κ1) is 60.0. The zero-order valence-electron chi connectivity index (χ0n) is 41.6. The highest BCUT2D eigenvalue weighted by molar-refractivity contribution is 5.70. The van der Waals surface area contributed by atoms with Gasteiger partial charge in [-0.1, -0.05) is 194 Å². The molecule has 7 nitrogen and oxygen atoms in total. The van der Waals surface area contributed by atoms with Crippen LogP contribution in [0, 0.1) is 0 Å². The second-order valence-electron chi connectivity index (χ2n) is 18.3. The van der Waals surface area contributed by atoms with Crippen molar-refractivity contribution in [2.24, 2.45) is 0 Å². The van der Waals surface area contributed by atoms with Crippen LogP contribution in [-0.2, 0) is 19.1 Å². The van der Waals surface area contributed by atoms with Gasteiger partial charge in [-0.2, -0.15) is 0 Å². The van der Waals surface area contributed by atoms with Crippen LogP contribution in [-0.4, -0.2) is 40.5 Å². The number of rotatable bonds is 38. The topological polar surface area (TPSA) is 113 Å². The van der Waals surface area contributed by atoms with Crippen LogP contribution in [0.5, 0.6) is 17.2 Å². The predicted octanol–water partition coefficient (Wildman–Crippen LogP) is 17.6. The summed E-state index contributed by atoms with van der Waals surface area (Å²) >= 11 is 0. The summed E-state index contributed by atoms with van der Waals surface area (Å²) in [6.45, 7) is 8.74. The maximum atomic E-state index is 12.3. The SMILES string of the molecule is C.CC.CCCCCCCCC(CCCCCCCCC(=O)OCCOC(=O)CCCCCCCCC(CCC(CCCCC)c1ccc(O)cc1)c1ccc(O)cc1)c1ccc(O)cc1. The van der Waals surface area contributed by atoms with Gasteiger partial charge in [0.2, 0.25) is 0 Å². The van der Waals surface area contributed by atoms with Gasteiger partial charge >= 0.3 is 11.9 Å². The maximum absolute atomic E-state index is 12.3. The third-order valence-electron chi connectivity index (χ3n) is 13.0. The van der Waals surface area contributed by atoms with E-state index in [9.17, 15) is 24.9 Å². The number of unbranched alkanes of at least 4 members (excludes halogenated alkanes) is 17. The molecule has 0 saturated heterocycles. The summed E-state index contributed by atoms with van der Waals surface area (Å²) in [6, 6.07) is 23.4. The van der Waals surface area contributed by atoms with Crippen LogP contribution in [0.25, 0.3) is 0 Å². The predicted molar refractivity (Wildman–Crippen MR) is 278 cm³/mol. The van der Waals surface area contributed by atoms with Gasteiger partial charge < -0.3 is 24.8 Å². The molecule has 0 saturated carbocycles. The van der Waals surface area contributed by atoms with Crippen molar-refractivity contribution >= 4 is 11.9 Å². The molecule has 0 fully saturated rings. The van der Waals surface area contributed by atoms with E-state index in [-0.39, 0.29) is 32.6 Å². The van der Waals surface area contributed by atoms with Gasteiger partial charge in [0.1, 0.15) is 30.5 Å². The highest BCUT2D eigenvalue weighted by Crippen LogP contribution is 2.36. The first-order valence-corrected chi connectivity index (χ1v) is 26.5. The van der Waals surface area contributed by atoms with Crippen LogP contribution < -0.4 is 0 Å². The van der Waals surface area contributed by atoms with Crippen molar-refractivity contribution in [1.29, 1.82) is 0 Å². The average molecular weight is 917 g/mol. The van der Waals surface area contributed by atoms with Crippen LogP contribution >= 0.6 is 0 Å². The largest absolute Gasteiger partial charge is 0.508 e. The molecule has 3 unspecified atom stereocenters. The number of esters is 2. The molecule has 3 rings (SSSR count). The smallest absolute Gasteiger partial charge is 0.305 e. The molecule has 7 heteroatoms. The quantitative estimate of drug-likeness (QED) is 0.0387. The van der Waals surface area contributed by atoms with Gasteiger partial charge in [0.05, 0.1) is 0 Å². The number of aromatic hydroxyl groups is 3. The molecule has 0 spiro atoms. The molecule has 0 bridgehead atoms. The molecular weight excluding hydrogens is 821 g/mol. The Morgan fingerprint density at radius 1 is 0.379 bits per heavy atom. The number of hydrogen-bond acceptors (Lipinski definition) is 7. The third-order valence-corrected chi connectivity index (χ3v) is 13.0. The van der Waals surface area contributed by atoms with Crippen LogP contribution in [0.4, 0.5) is 0 Å². The lowest BCUT2D eigenvalue weighted by atomic mass is 9.82. The molecule has 3 atom stereocenters. The minimum absolute atomic E-state index is 0. The number of carbonyl (C=O) groups is 2. The van der Waals surface area contributed by atoms with E-state index in [1.54, 1.807) is 12.1 Å². The fourth-order valence-corrected chi connectivity index (χ4v) is 9.08. The van der Waals surface area contributed by atoms with E-state index in [1.165, 1.54) is 107 Å². The minimum Gasteiger partial charge on any atom is -0.508 e. The van der Waals surface area contributed by atoms with Crippen LogP contribution in [0.3, 0.4) is 0 Å². The van der Waals surface area contributed by atoms with Gasteiger partial charge in [-0.25, -0.2) is 0 Å². The van der Waals surface area contributed by atoms with E-state index in [4.69, 9.17) is 9.47 Å². The Morgan fingerprint density at radius 2 is 0.621 bits per heavy atom. The Kier molecular flexibility index (Phi) is 36.5. The summed E-state index contributed by atoms with van der Waals surface area (Å²) in [5.41, 5.74) is 3.95. The molecule has 374 valence electrons. The number of phenolic OH excluding ortho intramolecular Hbond substituents is 3. The van der Waals surface area contributed by atoms with Gasteiger partial charge in [-0.15, -0.1) is 0 Å². The Morgan fingerprint density at radius 3 is 0.939 bits per heavy atom. The Bertz CT molecular complexity index is 1570. The van der Waals surface area contributed by atoms with Gasteiger partial charge in [0.15, 0.2) is 0 Å². The van der Waals surface area contributed by atoms with Gasteiger partial charge in [0.25, 0.3) is 0 Å². The van der Waals surface area contributed by atoms with Gasteiger partial charge in [-0.05, 0) is 122 Å². The lowest BCUT2D eigenvalue weighted by molar-refractivity contribution is -0.152. The van der Waals surface area contributed by atoms with Crippen molar-refractivity contribution in [3.63, 3.8) is 0 Å². The number of phenols is 3. The molecule has 3 aromatic rings. The molecule has 0 aliphatic rings. The standard InChI is InChI=1S/C56H86O7.C2H6.CH4/c1-3-5-7-8-13-19-25-46(49-32-38-52(57)39-33-49)26-20-14-9-11-16-22-28-55(60)62-44-45-63-56(61)29-23-17-12-10-15-21-27-48(51-36-42-54(59)43-37-51)31-30-47(24-18-6-4-2)50-34-40-53(58)41-35-50;1-2;/h32-43,46-48,57-59H,3-31,44-45H2,1-2H3;1-2H3;1H4. The lowest BCUT2D eigenvalue weighted by Gasteiger charge is -2.23. The summed E-state index contributed by atoms with van der Waals surface area (Å²) < 4.78 is 10.7. The van der Waals surface area contributed by atoms with Crippen molar-refractivity contribution in [2.45, 2.75) is 239 Å². The molecule has 0 amide bonds.